The fourth-order valence-corrected chi connectivity index (χ4v) is 3.29. The van der Waals surface area contributed by atoms with Crippen LogP contribution in [0, 0.1) is 23.4 Å². The lowest BCUT2D eigenvalue weighted by Crippen LogP contribution is -2.33. The minimum absolute atomic E-state index is 0. The van der Waals surface area contributed by atoms with Crippen LogP contribution in [0.5, 0.6) is 5.88 Å². The third kappa shape index (κ3) is 3.89. The minimum atomic E-state index is -0.748. The maximum atomic E-state index is 14.2. The molecule has 3 aromatic rings. The van der Waals surface area contributed by atoms with Crippen LogP contribution in [0.15, 0.2) is 36.4 Å². The summed E-state index contributed by atoms with van der Waals surface area (Å²) in [5.74, 6) is -1.46. The predicted octanol–water partition coefficient (Wildman–Crippen LogP) is 4.24. The largest absolute Gasteiger partial charge is 0.476 e. The van der Waals surface area contributed by atoms with E-state index in [4.69, 9.17) is 4.74 Å². The third-order valence-corrected chi connectivity index (χ3v) is 4.61. The highest BCUT2D eigenvalue weighted by Crippen LogP contribution is 2.30. The molecule has 1 saturated heterocycles. The zero-order valence-electron chi connectivity index (χ0n) is 14.4. The van der Waals surface area contributed by atoms with Gasteiger partial charge in [0.2, 0.25) is 5.88 Å². The van der Waals surface area contributed by atoms with Crippen molar-refractivity contribution in [3.05, 3.63) is 53.8 Å². The van der Waals surface area contributed by atoms with Crippen LogP contribution in [0.1, 0.15) is 12.8 Å². The molecule has 0 bridgehead atoms. The van der Waals surface area contributed by atoms with Crippen LogP contribution < -0.4 is 10.1 Å². The van der Waals surface area contributed by atoms with E-state index >= 15 is 0 Å². The number of nitrogens with one attached hydrogen (secondary N) is 1. The van der Waals surface area contributed by atoms with Crippen molar-refractivity contribution in [1.29, 1.82) is 0 Å². The summed E-state index contributed by atoms with van der Waals surface area (Å²) in [6.45, 7) is 2.25. The van der Waals surface area contributed by atoms with Crippen molar-refractivity contribution in [3.63, 3.8) is 0 Å². The number of fused-ring (bicyclic) bond motifs is 1. The number of benzene rings is 2. The molecule has 0 amide bonds. The van der Waals surface area contributed by atoms with E-state index in [1.807, 2.05) is 0 Å². The normalized spacial score (nSPS) is 16.9. The standard InChI is InChI=1S/C19H18F3N3O.ClH/c20-13-6-7-17-14(9-13)19(26-11-12-3-2-8-23-10-12)24-25(17)18-15(21)4-1-5-16(18)22;/h1,4-7,9,12,23H,2-3,8,10-11H2;1H. The Morgan fingerprint density at radius 1 is 1.15 bits per heavy atom. The zero-order valence-corrected chi connectivity index (χ0v) is 15.2. The van der Waals surface area contributed by atoms with Crippen LogP contribution in [0.4, 0.5) is 13.2 Å². The molecule has 4 rings (SSSR count). The molecular weight excluding hydrogens is 379 g/mol. The smallest absolute Gasteiger partial charge is 0.241 e. The van der Waals surface area contributed by atoms with E-state index in [1.165, 1.54) is 24.3 Å². The van der Waals surface area contributed by atoms with Gasteiger partial charge in [-0.3, -0.25) is 0 Å². The number of ether oxygens (including phenoxy) is 1. The van der Waals surface area contributed by atoms with Crippen molar-refractivity contribution in [1.82, 2.24) is 15.1 Å². The molecule has 4 nitrogen and oxygen atoms in total. The van der Waals surface area contributed by atoms with Gasteiger partial charge in [-0.2, -0.15) is 0 Å². The van der Waals surface area contributed by atoms with Crippen LogP contribution in [0.2, 0.25) is 0 Å². The summed E-state index contributed by atoms with van der Waals surface area (Å²) in [7, 11) is 0. The molecule has 1 N–H and O–H groups in total. The van der Waals surface area contributed by atoms with E-state index in [9.17, 15) is 13.2 Å². The van der Waals surface area contributed by atoms with Crippen LogP contribution in [0.25, 0.3) is 16.6 Å². The van der Waals surface area contributed by atoms with Crippen LogP contribution >= 0.6 is 12.4 Å². The maximum absolute atomic E-state index is 14.2. The Morgan fingerprint density at radius 2 is 1.93 bits per heavy atom. The molecule has 2 aromatic carbocycles. The number of rotatable bonds is 4. The van der Waals surface area contributed by atoms with Gasteiger partial charge in [-0.15, -0.1) is 17.5 Å². The fraction of sp³-hybridized carbons (Fsp3) is 0.316. The SMILES string of the molecule is Cl.Fc1ccc2c(c1)c(OCC1CCCNC1)nn2-c1c(F)cccc1F. The number of nitrogens with zero attached hydrogens (tertiary/aromatic N) is 2. The van der Waals surface area contributed by atoms with Gasteiger partial charge >= 0.3 is 0 Å². The van der Waals surface area contributed by atoms with Crippen molar-refractivity contribution in [3.8, 4) is 11.6 Å². The van der Waals surface area contributed by atoms with E-state index in [1.54, 1.807) is 0 Å². The fourth-order valence-electron chi connectivity index (χ4n) is 3.29. The Morgan fingerprint density at radius 3 is 2.63 bits per heavy atom. The lowest BCUT2D eigenvalue weighted by molar-refractivity contribution is 0.213. The second kappa shape index (κ2) is 8.19. The van der Waals surface area contributed by atoms with Gasteiger partial charge in [-0.25, -0.2) is 17.9 Å². The quantitative estimate of drug-likeness (QED) is 0.715. The van der Waals surface area contributed by atoms with Crippen molar-refractivity contribution < 1.29 is 17.9 Å². The predicted molar refractivity (Wildman–Crippen MR) is 99.3 cm³/mol. The molecule has 0 spiro atoms. The van der Waals surface area contributed by atoms with Crippen LogP contribution in [0.3, 0.4) is 0 Å². The number of hydrogen-bond acceptors (Lipinski definition) is 3. The van der Waals surface area contributed by atoms with Gasteiger partial charge in [-0.05, 0) is 49.7 Å². The number of para-hydroxylation sites is 1. The molecule has 1 unspecified atom stereocenters. The molecule has 0 radical (unpaired) electrons. The third-order valence-electron chi connectivity index (χ3n) is 4.61. The summed E-state index contributed by atoms with van der Waals surface area (Å²) >= 11 is 0. The van der Waals surface area contributed by atoms with Gasteiger partial charge in [0.25, 0.3) is 0 Å². The van der Waals surface area contributed by atoms with Gasteiger partial charge in [0, 0.05) is 12.5 Å². The van der Waals surface area contributed by atoms with Crippen molar-refractivity contribution in [2.24, 2.45) is 5.92 Å². The molecule has 27 heavy (non-hydrogen) atoms. The number of hydrogen-bond donors (Lipinski definition) is 1. The van der Waals surface area contributed by atoms with Crippen LogP contribution in [-0.4, -0.2) is 29.5 Å². The average Bonchev–Trinajstić information content (AvgIpc) is 2.98. The molecule has 0 aliphatic carbocycles. The average molecular weight is 398 g/mol. The van der Waals surface area contributed by atoms with E-state index < -0.39 is 17.5 Å². The van der Waals surface area contributed by atoms with Gasteiger partial charge in [-0.1, -0.05) is 6.07 Å². The summed E-state index contributed by atoms with van der Waals surface area (Å²) < 4.78 is 49.1. The molecule has 1 aliphatic rings. The first-order valence-electron chi connectivity index (χ1n) is 8.59. The Labute approximate surface area is 160 Å². The Hall–Kier alpha value is -2.25. The Balaban J connectivity index is 0.00000210. The molecular formula is C19H19ClF3N3O. The number of halogens is 4. The highest BCUT2D eigenvalue weighted by Gasteiger charge is 2.21. The molecule has 1 aromatic heterocycles. The zero-order chi connectivity index (χ0) is 18.1. The second-order valence-electron chi connectivity index (χ2n) is 6.47. The summed E-state index contributed by atoms with van der Waals surface area (Å²) in [6.07, 6.45) is 2.10. The summed E-state index contributed by atoms with van der Waals surface area (Å²) in [4.78, 5) is 0. The first-order chi connectivity index (χ1) is 12.6. The van der Waals surface area contributed by atoms with E-state index in [0.29, 0.717) is 23.4 Å². The lowest BCUT2D eigenvalue weighted by Gasteiger charge is -2.22. The molecule has 1 atom stereocenters. The van der Waals surface area contributed by atoms with Gasteiger partial charge in [0.15, 0.2) is 11.6 Å². The van der Waals surface area contributed by atoms with Gasteiger partial charge in [0.05, 0.1) is 17.5 Å². The first kappa shape index (κ1) is 19.5. The van der Waals surface area contributed by atoms with Crippen molar-refractivity contribution in [2.75, 3.05) is 19.7 Å². The van der Waals surface area contributed by atoms with Crippen LogP contribution in [-0.2, 0) is 0 Å². The van der Waals surface area contributed by atoms with E-state index in [0.717, 1.165) is 42.7 Å². The Bertz CT molecular complexity index is 921. The van der Waals surface area contributed by atoms with Gasteiger partial charge in [0.1, 0.15) is 11.5 Å². The first-order valence-corrected chi connectivity index (χ1v) is 8.59. The molecule has 2 heterocycles. The molecule has 0 saturated carbocycles. The molecule has 1 aliphatic heterocycles. The lowest BCUT2D eigenvalue weighted by atomic mass is 10.0. The van der Waals surface area contributed by atoms with E-state index in [-0.39, 0.29) is 24.0 Å². The molecule has 1 fully saturated rings. The summed E-state index contributed by atoms with van der Waals surface area (Å²) in [6, 6.07) is 7.54. The topological polar surface area (TPSA) is 39.1 Å². The number of piperidine rings is 1. The number of aromatic nitrogens is 2. The summed E-state index contributed by atoms with van der Waals surface area (Å²) in [5, 5.41) is 7.92. The highest BCUT2D eigenvalue weighted by molar-refractivity contribution is 5.86. The molecule has 8 heteroatoms. The van der Waals surface area contributed by atoms with E-state index in [2.05, 4.69) is 10.4 Å². The second-order valence-corrected chi connectivity index (χ2v) is 6.47. The molecule has 144 valence electrons. The van der Waals surface area contributed by atoms with Crippen molar-refractivity contribution in [2.45, 2.75) is 12.8 Å². The highest BCUT2D eigenvalue weighted by atomic mass is 35.5. The Kier molecular flexibility index (Phi) is 5.92. The monoisotopic (exact) mass is 397 g/mol. The maximum Gasteiger partial charge on any atom is 0.241 e. The van der Waals surface area contributed by atoms with Gasteiger partial charge < -0.3 is 10.1 Å². The van der Waals surface area contributed by atoms with Crippen molar-refractivity contribution >= 4 is 23.3 Å². The summed E-state index contributed by atoms with van der Waals surface area (Å²) in [5.41, 5.74) is 0.0745. The minimum Gasteiger partial charge on any atom is -0.476 e.